The molecule has 0 bridgehead atoms. The van der Waals surface area contributed by atoms with E-state index < -0.39 is 34.3 Å². The Hall–Kier alpha value is -2.32. The van der Waals surface area contributed by atoms with Crippen LogP contribution in [-0.2, 0) is 13.2 Å². The molecule has 0 radical (unpaired) electrons. The number of rotatable bonds is 1. The molecule has 2 heterocycles. The van der Waals surface area contributed by atoms with Gasteiger partial charge in [-0.1, -0.05) is 0 Å². The normalized spacial score (nSPS) is 12.0. The Bertz CT molecular complexity index is 699. The van der Waals surface area contributed by atoms with Crippen LogP contribution in [0.1, 0.15) is 16.1 Å². The molecule has 0 saturated heterocycles. The third-order valence-corrected chi connectivity index (χ3v) is 2.35. The number of hydrogen-bond acceptors (Lipinski definition) is 3. The van der Waals surface area contributed by atoms with Gasteiger partial charge >= 0.3 is 12.1 Å². The van der Waals surface area contributed by atoms with Crippen molar-refractivity contribution in [3.63, 3.8) is 0 Å². The molecule has 0 amide bonds. The number of carboxylic acids is 1. The van der Waals surface area contributed by atoms with Crippen molar-refractivity contribution < 1.29 is 23.1 Å². The van der Waals surface area contributed by atoms with Gasteiger partial charge in [0.25, 0.3) is 5.56 Å². The lowest BCUT2D eigenvalue weighted by atomic mass is 10.2. The molecule has 18 heavy (non-hydrogen) atoms. The molecule has 2 aromatic heterocycles. The molecule has 0 fully saturated rings. The second kappa shape index (κ2) is 3.59. The predicted molar refractivity (Wildman–Crippen MR) is 53.3 cm³/mol. The summed E-state index contributed by atoms with van der Waals surface area (Å²) in [5, 5.41) is 11.5. The van der Waals surface area contributed by atoms with Crippen molar-refractivity contribution in [2.24, 2.45) is 7.05 Å². The predicted octanol–water partition coefficient (Wildman–Crippen LogP) is 0.979. The molecule has 0 aromatic carbocycles. The van der Waals surface area contributed by atoms with E-state index in [1.54, 1.807) is 0 Å². The van der Waals surface area contributed by atoms with E-state index in [0.717, 1.165) is 4.68 Å². The monoisotopic (exact) mass is 261 g/mol. The van der Waals surface area contributed by atoms with E-state index in [1.807, 2.05) is 0 Å². The zero-order chi connectivity index (χ0) is 13.7. The molecule has 0 aliphatic heterocycles. The summed E-state index contributed by atoms with van der Waals surface area (Å²) in [6, 6.07) is 0.673. The molecule has 2 N–H and O–H groups in total. The fraction of sp³-hybridized carbons (Fsp3) is 0.222. The van der Waals surface area contributed by atoms with Crippen LogP contribution in [-0.4, -0.2) is 25.8 Å². The maximum absolute atomic E-state index is 12.6. The summed E-state index contributed by atoms with van der Waals surface area (Å²) in [6.07, 6.45) is -4.73. The fourth-order valence-electron chi connectivity index (χ4n) is 1.58. The molecule has 0 saturated carbocycles. The highest BCUT2D eigenvalue weighted by Gasteiger charge is 2.37. The van der Waals surface area contributed by atoms with Crippen molar-refractivity contribution in [2.45, 2.75) is 6.18 Å². The molecule has 0 atom stereocenters. The number of hydrogen-bond donors (Lipinski definition) is 2. The minimum absolute atomic E-state index is 0.183. The molecule has 0 spiro atoms. The van der Waals surface area contributed by atoms with Gasteiger partial charge in [0.2, 0.25) is 0 Å². The summed E-state index contributed by atoms with van der Waals surface area (Å²) >= 11 is 0. The Morgan fingerprint density at radius 3 is 2.61 bits per heavy atom. The summed E-state index contributed by atoms with van der Waals surface area (Å²) in [5.41, 5.74) is -3.16. The molecular weight excluding hydrogens is 255 g/mol. The van der Waals surface area contributed by atoms with Crippen molar-refractivity contribution in [1.29, 1.82) is 0 Å². The summed E-state index contributed by atoms with van der Waals surface area (Å²) in [7, 11) is 1.22. The number of nitrogens with zero attached hydrogens (tertiary/aromatic N) is 2. The number of pyridine rings is 1. The Morgan fingerprint density at radius 1 is 1.50 bits per heavy atom. The van der Waals surface area contributed by atoms with Gasteiger partial charge in [-0.05, 0) is 6.07 Å². The molecule has 0 unspecified atom stereocenters. The van der Waals surface area contributed by atoms with Gasteiger partial charge in [0, 0.05) is 7.05 Å². The third-order valence-electron chi connectivity index (χ3n) is 2.35. The molecular formula is C9H6F3N3O3. The molecule has 6 nitrogen and oxygen atoms in total. The van der Waals surface area contributed by atoms with Crippen LogP contribution >= 0.6 is 0 Å². The van der Waals surface area contributed by atoms with Gasteiger partial charge < -0.3 is 10.1 Å². The van der Waals surface area contributed by atoms with Gasteiger partial charge in [0.05, 0.1) is 5.39 Å². The lowest BCUT2D eigenvalue weighted by Gasteiger charge is -2.02. The number of fused-ring (bicyclic) bond motifs is 1. The smallest absolute Gasteiger partial charge is 0.435 e. The average molecular weight is 261 g/mol. The van der Waals surface area contributed by atoms with Crippen LogP contribution in [0.2, 0.25) is 0 Å². The van der Waals surface area contributed by atoms with E-state index in [4.69, 9.17) is 5.11 Å². The quantitative estimate of drug-likeness (QED) is 0.800. The van der Waals surface area contributed by atoms with E-state index in [0.29, 0.717) is 6.07 Å². The minimum Gasteiger partial charge on any atom is -0.477 e. The van der Waals surface area contributed by atoms with Crippen LogP contribution in [0.3, 0.4) is 0 Å². The van der Waals surface area contributed by atoms with Crippen molar-refractivity contribution >= 4 is 17.0 Å². The van der Waals surface area contributed by atoms with Gasteiger partial charge in [-0.3, -0.25) is 9.48 Å². The number of nitrogens with one attached hydrogen (secondary N) is 1. The number of aromatic carboxylic acids is 1. The average Bonchev–Trinajstić information content (AvgIpc) is 2.54. The Labute approximate surface area is 96.6 Å². The van der Waals surface area contributed by atoms with Crippen LogP contribution in [0.5, 0.6) is 0 Å². The molecule has 2 rings (SSSR count). The number of H-pyrrole nitrogens is 1. The summed E-state index contributed by atoms with van der Waals surface area (Å²) in [4.78, 5) is 24.1. The summed E-state index contributed by atoms with van der Waals surface area (Å²) < 4.78 is 38.8. The minimum atomic E-state index is -4.73. The van der Waals surface area contributed by atoms with E-state index in [9.17, 15) is 22.8 Å². The molecule has 9 heteroatoms. The topological polar surface area (TPSA) is 88.0 Å². The number of halogens is 3. The third kappa shape index (κ3) is 1.73. The number of alkyl halides is 3. The van der Waals surface area contributed by atoms with E-state index >= 15 is 0 Å². The first-order chi connectivity index (χ1) is 8.21. The van der Waals surface area contributed by atoms with Crippen LogP contribution in [0, 0.1) is 0 Å². The van der Waals surface area contributed by atoms with Gasteiger partial charge in [0.1, 0.15) is 11.2 Å². The maximum Gasteiger partial charge on any atom is 0.435 e. The van der Waals surface area contributed by atoms with Crippen molar-refractivity contribution in [1.82, 2.24) is 14.8 Å². The van der Waals surface area contributed by atoms with Gasteiger partial charge in [-0.25, -0.2) is 4.79 Å². The SMILES string of the molecule is Cn1nc(C(F)(F)F)c2cc(C(=O)O)c(=O)[nH]c21. The second-order valence-electron chi connectivity index (χ2n) is 3.55. The molecule has 0 aliphatic carbocycles. The van der Waals surface area contributed by atoms with Crippen LogP contribution in [0.4, 0.5) is 13.2 Å². The molecule has 2 aromatic rings. The van der Waals surface area contributed by atoms with Crippen molar-refractivity contribution in [3.8, 4) is 0 Å². The van der Waals surface area contributed by atoms with Gasteiger partial charge in [0.15, 0.2) is 5.69 Å². The number of aryl methyl sites for hydroxylation is 1. The lowest BCUT2D eigenvalue weighted by molar-refractivity contribution is -0.140. The van der Waals surface area contributed by atoms with E-state index in [-0.39, 0.29) is 5.65 Å². The van der Waals surface area contributed by atoms with Crippen LogP contribution < -0.4 is 5.56 Å². The van der Waals surface area contributed by atoms with E-state index in [1.165, 1.54) is 7.05 Å². The maximum atomic E-state index is 12.6. The first kappa shape index (κ1) is 12.1. The molecule has 96 valence electrons. The first-order valence-electron chi connectivity index (χ1n) is 4.62. The van der Waals surface area contributed by atoms with Gasteiger partial charge in [-0.2, -0.15) is 18.3 Å². The van der Waals surface area contributed by atoms with Crippen LogP contribution in [0.25, 0.3) is 11.0 Å². The zero-order valence-corrected chi connectivity index (χ0v) is 8.87. The first-order valence-corrected chi connectivity index (χ1v) is 4.62. The second-order valence-corrected chi connectivity index (χ2v) is 3.55. The Kier molecular flexibility index (Phi) is 2.42. The van der Waals surface area contributed by atoms with Gasteiger partial charge in [-0.15, -0.1) is 0 Å². The highest BCUT2D eigenvalue weighted by molar-refractivity contribution is 5.92. The largest absolute Gasteiger partial charge is 0.477 e. The summed E-state index contributed by atoms with van der Waals surface area (Å²) in [6.45, 7) is 0. The summed E-state index contributed by atoms with van der Waals surface area (Å²) in [5.74, 6) is -1.60. The number of aromatic amines is 1. The Morgan fingerprint density at radius 2 is 2.11 bits per heavy atom. The molecule has 0 aliphatic rings. The highest BCUT2D eigenvalue weighted by Crippen LogP contribution is 2.32. The lowest BCUT2D eigenvalue weighted by Crippen LogP contribution is -2.17. The van der Waals surface area contributed by atoms with Crippen molar-refractivity contribution in [2.75, 3.05) is 0 Å². The van der Waals surface area contributed by atoms with E-state index in [2.05, 4.69) is 10.1 Å². The highest BCUT2D eigenvalue weighted by atomic mass is 19.4. The fourth-order valence-corrected chi connectivity index (χ4v) is 1.58. The number of carbonyl (C=O) groups is 1. The number of aromatic nitrogens is 3. The van der Waals surface area contributed by atoms with Crippen LogP contribution in [0.15, 0.2) is 10.9 Å². The zero-order valence-electron chi connectivity index (χ0n) is 8.87. The number of carboxylic acid groups (broad SMARTS) is 1. The Balaban J connectivity index is 2.89. The van der Waals surface area contributed by atoms with Crippen molar-refractivity contribution in [3.05, 3.63) is 27.7 Å². The standard InChI is InChI=1S/C9H6F3N3O3/c1-15-6-3(5(14-15)9(10,11)12)2-4(8(17)18)7(16)13-6/h2H,1H3,(H,13,16)(H,17,18).